The van der Waals surface area contributed by atoms with Crippen molar-refractivity contribution in [2.75, 3.05) is 29.9 Å². The number of hydrogen-bond acceptors (Lipinski definition) is 5. The van der Waals surface area contributed by atoms with Gasteiger partial charge in [-0.25, -0.2) is 15.0 Å². The number of likely N-dealkylation sites (N-methyl/N-ethyl adjacent to an activating group) is 1. The molecule has 3 heterocycles. The van der Waals surface area contributed by atoms with Gasteiger partial charge in [0.1, 0.15) is 17.5 Å². The Bertz CT molecular complexity index is 703. The molecule has 1 saturated heterocycles. The largest absolute Gasteiger partial charge is 0.355 e. The van der Waals surface area contributed by atoms with Crippen LogP contribution in [-0.4, -0.2) is 41.1 Å². The van der Waals surface area contributed by atoms with Gasteiger partial charge in [-0.1, -0.05) is 11.6 Å². The van der Waals surface area contributed by atoms with Crippen LogP contribution < -0.4 is 9.80 Å². The molecule has 2 aromatic heterocycles. The van der Waals surface area contributed by atoms with Crippen LogP contribution in [-0.2, 0) is 0 Å². The van der Waals surface area contributed by atoms with E-state index >= 15 is 0 Å². The monoisotopic (exact) mass is 329 g/mol. The average molecular weight is 330 g/mol. The van der Waals surface area contributed by atoms with Crippen LogP contribution in [0.15, 0.2) is 30.6 Å². The normalized spacial score (nSPS) is 20.8. The van der Waals surface area contributed by atoms with Crippen molar-refractivity contribution in [1.29, 1.82) is 0 Å². The van der Waals surface area contributed by atoms with Crippen molar-refractivity contribution in [3.05, 3.63) is 41.4 Å². The van der Waals surface area contributed by atoms with Gasteiger partial charge >= 0.3 is 0 Å². The van der Waals surface area contributed by atoms with Gasteiger partial charge in [-0.2, -0.15) is 0 Å². The first-order valence-electron chi connectivity index (χ1n) is 8.13. The molecule has 0 radical (unpaired) electrons. The zero-order chi connectivity index (χ0) is 15.8. The molecule has 0 bridgehead atoms. The predicted octanol–water partition coefficient (Wildman–Crippen LogP) is 3.12. The van der Waals surface area contributed by atoms with Gasteiger partial charge < -0.3 is 9.80 Å². The summed E-state index contributed by atoms with van der Waals surface area (Å²) >= 11 is 6.27. The lowest BCUT2D eigenvalue weighted by atomic mass is 10.2. The van der Waals surface area contributed by atoms with Gasteiger partial charge in [0.25, 0.3) is 0 Å². The number of nitrogens with zero attached hydrogens (tertiary/aromatic N) is 5. The molecule has 4 rings (SSSR count). The van der Waals surface area contributed by atoms with Crippen LogP contribution in [0, 0.1) is 0 Å². The Kier molecular flexibility index (Phi) is 3.81. The smallest absolute Gasteiger partial charge is 0.147 e. The Balaban J connectivity index is 1.49. The summed E-state index contributed by atoms with van der Waals surface area (Å²) in [5, 5.41) is 0.717. The van der Waals surface area contributed by atoms with Crippen molar-refractivity contribution in [3.8, 4) is 0 Å². The first kappa shape index (κ1) is 14.7. The van der Waals surface area contributed by atoms with Crippen molar-refractivity contribution in [3.63, 3.8) is 0 Å². The minimum atomic E-state index is 0.412. The summed E-state index contributed by atoms with van der Waals surface area (Å²) in [6, 6.07) is 6.18. The molecule has 1 saturated carbocycles. The molecule has 1 aliphatic carbocycles. The molecule has 120 valence electrons. The summed E-state index contributed by atoms with van der Waals surface area (Å²) in [5.74, 6) is 3.47. The lowest BCUT2D eigenvalue weighted by molar-refractivity contribution is 0.679. The lowest BCUT2D eigenvalue weighted by Gasteiger charge is -2.26. The molecule has 0 spiro atoms. The number of anilines is 2. The summed E-state index contributed by atoms with van der Waals surface area (Å²) in [6.45, 7) is 1.88. The van der Waals surface area contributed by atoms with E-state index in [4.69, 9.17) is 16.6 Å². The first-order valence-corrected chi connectivity index (χ1v) is 8.51. The number of pyridine rings is 1. The molecular formula is C17H20ClN5. The van der Waals surface area contributed by atoms with Gasteiger partial charge in [0.05, 0.1) is 5.02 Å². The maximum atomic E-state index is 6.27. The Morgan fingerprint density at radius 1 is 1.17 bits per heavy atom. The molecular weight excluding hydrogens is 310 g/mol. The molecule has 0 N–H and O–H groups in total. The van der Waals surface area contributed by atoms with Crippen LogP contribution in [0.2, 0.25) is 5.02 Å². The molecule has 2 fully saturated rings. The van der Waals surface area contributed by atoms with Crippen molar-refractivity contribution in [2.24, 2.45) is 0 Å². The quantitative estimate of drug-likeness (QED) is 0.862. The highest BCUT2D eigenvalue weighted by Crippen LogP contribution is 2.38. The van der Waals surface area contributed by atoms with E-state index in [0.717, 1.165) is 37.0 Å². The number of hydrogen-bond donors (Lipinski definition) is 0. The number of aromatic nitrogens is 3. The highest BCUT2D eigenvalue weighted by molar-refractivity contribution is 6.32. The summed E-state index contributed by atoms with van der Waals surface area (Å²) < 4.78 is 0. The first-order chi connectivity index (χ1) is 11.2. The summed E-state index contributed by atoms with van der Waals surface area (Å²) in [7, 11) is 2.12. The molecule has 0 amide bonds. The van der Waals surface area contributed by atoms with Gasteiger partial charge in [-0.05, 0) is 37.5 Å². The van der Waals surface area contributed by atoms with Crippen molar-refractivity contribution < 1.29 is 0 Å². The predicted molar refractivity (Wildman–Crippen MR) is 92.3 cm³/mol. The fourth-order valence-corrected chi connectivity index (χ4v) is 3.39. The van der Waals surface area contributed by atoms with Gasteiger partial charge in [0.15, 0.2) is 0 Å². The molecule has 5 nitrogen and oxygen atoms in total. The molecule has 2 aliphatic rings. The van der Waals surface area contributed by atoms with E-state index in [1.165, 1.54) is 12.8 Å². The van der Waals surface area contributed by atoms with E-state index in [2.05, 4.69) is 26.8 Å². The lowest BCUT2D eigenvalue weighted by Crippen LogP contribution is -2.35. The SMILES string of the molecule is CN(c1ccnc(C2CC2)n1)C1CCN(c2ncccc2Cl)C1. The van der Waals surface area contributed by atoms with Crippen LogP contribution in [0.4, 0.5) is 11.6 Å². The molecule has 1 aliphatic heterocycles. The number of halogens is 1. The Labute approximate surface area is 141 Å². The zero-order valence-corrected chi connectivity index (χ0v) is 13.9. The van der Waals surface area contributed by atoms with Gasteiger partial charge in [-0.3, -0.25) is 0 Å². The standard InChI is InChI=1S/C17H20ClN5/c1-22(15-6-9-19-16(21-15)12-4-5-12)13-7-10-23(11-13)17-14(18)3-2-8-20-17/h2-3,6,8-9,12-13H,4-5,7,10-11H2,1H3. The highest BCUT2D eigenvalue weighted by atomic mass is 35.5. The summed E-state index contributed by atoms with van der Waals surface area (Å²) in [5.41, 5.74) is 0. The van der Waals surface area contributed by atoms with Crippen LogP contribution in [0.3, 0.4) is 0 Å². The van der Waals surface area contributed by atoms with Crippen LogP contribution in [0.5, 0.6) is 0 Å². The fourth-order valence-electron chi connectivity index (χ4n) is 3.15. The average Bonchev–Trinajstić information content (AvgIpc) is 3.32. The highest BCUT2D eigenvalue weighted by Gasteiger charge is 2.30. The van der Waals surface area contributed by atoms with E-state index in [1.54, 1.807) is 6.20 Å². The van der Waals surface area contributed by atoms with Gasteiger partial charge in [-0.15, -0.1) is 0 Å². The molecule has 6 heteroatoms. The third kappa shape index (κ3) is 2.98. The second kappa shape index (κ2) is 5.96. The minimum Gasteiger partial charge on any atom is -0.355 e. The van der Waals surface area contributed by atoms with E-state index in [9.17, 15) is 0 Å². The van der Waals surface area contributed by atoms with Crippen LogP contribution >= 0.6 is 11.6 Å². The molecule has 1 atom stereocenters. The Morgan fingerprint density at radius 3 is 2.83 bits per heavy atom. The molecule has 1 unspecified atom stereocenters. The second-order valence-electron chi connectivity index (χ2n) is 6.36. The maximum Gasteiger partial charge on any atom is 0.147 e. The van der Waals surface area contributed by atoms with E-state index < -0.39 is 0 Å². The molecule has 23 heavy (non-hydrogen) atoms. The van der Waals surface area contributed by atoms with Crippen molar-refractivity contribution in [1.82, 2.24) is 15.0 Å². The van der Waals surface area contributed by atoms with Crippen molar-refractivity contribution in [2.45, 2.75) is 31.2 Å². The van der Waals surface area contributed by atoms with Crippen LogP contribution in [0.25, 0.3) is 0 Å². The molecule has 0 aromatic carbocycles. The number of rotatable bonds is 4. The maximum absolute atomic E-state index is 6.27. The summed E-state index contributed by atoms with van der Waals surface area (Å²) in [6.07, 6.45) is 7.21. The van der Waals surface area contributed by atoms with Gasteiger partial charge in [0.2, 0.25) is 0 Å². The third-order valence-electron chi connectivity index (χ3n) is 4.71. The van der Waals surface area contributed by atoms with Crippen LogP contribution in [0.1, 0.15) is 31.0 Å². The van der Waals surface area contributed by atoms with E-state index in [-0.39, 0.29) is 0 Å². The Hall–Kier alpha value is -1.88. The second-order valence-corrected chi connectivity index (χ2v) is 6.76. The third-order valence-corrected chi connectivity index (χ3v) is 5.01. The van der Waals surface area contributed by atoms with E-state index in [0.29, 0.717) is 17.0 Å². The van der Waals surface area contributed by atoms with E-state index in [1.807, 2.05) is 24.4 Å². The topological polar surface area (TPSA) is 45.2 Å². The Morgan fingerprint density at radius 2 is 2.04 bits per heavy atom. The summed E-state index contributed by atoms with van der Waals surface area (Å²) in [4.78, 5) is 18.1. The fraction of sp³-hybridized carbons (Fsp3) is 0.471. The molecule has 2 aromatic rings. The minimum absolute atomic E-state index is 0.412. The van der Waals surface area contributed by atoms with Gasteiger partial charge in [0, 0.05) is 44.5 Å². The van der Waals surface area contributed by atoms with Crippen molar-refractivity contribution >= 4 is 23.2 Å². The zero-order valence-electron chi connectivity index (χ0n) is 13.2.